The van der Waals surface area contributed by atoms with Crippen molar-refractivity contribution in [2.45, 2.75) is 20.0 Å². The van der Waals surface area contributed by atoms with E-state index in [1.807, 2.05) is 6.07 Å². The van der Waals surface area contributed by atoms with Gasteiger partial charge in [0.1, 0.15) is 23.2 Å². The summed E-state index contributed by atoms with van der Waals surface area (Å²) in [4.78, 5) is 28.1. The molecule has 34 heavy (non-hydrogen) atoms. The SMILES string of the molecule is Cc1onc(-c2cccc(-c3cccc(C(=O)O)n3)c2)c1NC(=O)OC(C)c1ccccc1Cl. The molecule has 0 radical (unpaired) electrons. The third-order valence-corrected chi connectivity index (χ3v) is 5.46. The number of carboxylic acid groups (broad SMARTS) is 1. The van der Waals surface area contributed by atoms with Gasteiger partial charge in [-0.2, -0.15) is 0 Å². The molecule has 0 fully saturated rings. The molecule has 0 aliphatic rings. The van der Waals surface area contributed by atoms with Crippen molar-refractivity contribution >= 4 is 29.4 Å². The van der Waals surface area contributed by atoms with Gasteiger partial charge in [-0.15, -0.1) is 0 Å². The Morgan fingerprint density at radius 1 is 1.06 bits per heavy atom. The Balaban J connectivity index is 1.58. The molecule has 0 spiro atoms. The first-order chi connectivity index (χ1) is 16.3. The van der Waals surface area contributed by atoms with Gasteiger partial charge < -0.3 is 14.4 Å². The van der Waals surface area contributed by atoms with Gasteiger partial charge in [0, 0.05) is 21.7 Å². The topological polar surface area (TPSA) is 115 Å². The second kappa shape index (κ2) is 9.76. The first-order valence-electron chi connectivity index (χ1n) is 10.3. The lowest BCUT2D eigenvalue weighted by Gasteiger charge is -2.15. The van der Waals surface area contributed by atoms with E-state index in [0.29, 0.717) is 44.5 Å². The van der Waals surface area contributed by atoms with Crippen LogP contribution in [0, 0.1) is 6.92 Å². The fraction of sp³-hybridized carbons (Fsp3) is 0.120. The summed E-state index contributed by atoms with van der Waals surface area (Å²) in [5.41, 5.74) is 3.21. The molecule has 4 rings (SSSR count). The van der Waals surface area contributed by atoms with E-state index >= 15 is 0 Å². The summed E-state index contributed by atoms with van der Waals surface area (Å²) < 4.78 is 10.8. The van der Waals surface area contributed by atoms with Crippen molar-refractivity contribution in [1.29, 1.82) is 0 Å². The highest BCUT2D eigenvalue weighted by Gasteiger charge is 2.21. The van der Waals surface area contributed by atoms with Crippen LogP contribution in [0.25, 0.3) is 22.5 Å². The highest BCUT2D eigenvalue weighted by molar-refractivity contribution is 6.31. The van der Waals surface area contributed by atoms with Crippen LogP contribution in [-0.4, -0.2) is 27.3 Å². The summed E-state index contributed by atoms with van der Waals surface area (Å²) >= 11 is 6.19. The predicted molar refractivity (Wildman–Crippen MR) is 127 cm³/mol. The maximum absolute atomic E-state index is 12.6. The molecule has 0 saturated carbocycles. The number of aromatic nitrogens is 2. The van der Waals surface area contributed by atoms with Gasteiger partial charge in [0.25, 0.3) is 0 Å². The van der Waals surface area contributed by atoms with E-state index < -0.39 is 18.2 Å². The van der Waals surface area contributed by atoms with Crippen LogP contribution in [0.15, 0.2) is 71.3 Å². The van der Waals surface area contributed by atoms with Gasteiger partial charge in [-0.1, -0.05) is 59.2 Å². The highest BCUT2D eigenvalue weighted by atomic mass is 35.5. The number of rotatable bonds is 6. The second-order valence-corrected chi connectivity index (χ2v) is 7.86. The lowest BCUT2D eigenvalue weighted by Crippen LogP contribution is -2.17. The number of pyridine rings is 1. The van der Waals surface area contributed by atoms with Gasteiger partial charge in [0.2, 0.25) is 0 Å². The lowest BCUT2D eigenvalue weighted by molar-refractivity contribution is 0.0690. The minimum Gasteiger partial charge on any atom is -0.477 e. The van der Waals surface area contributed by atoms with Gasteiger partial charge in [0.15, 0.2) is 5.76 Å². The predicted octanol–water partition coefficient (Wildman–Crippen LogP) is 6.37. The number of hydrogen-bond donors (Lipinski definition) is 2. The maximum atomic E-state index is 12.6. The number of aromatic carboxylic acids is 1. The molecule has 1 unspecified atom stereocenters. The number of ether oxygens (including phenoxy) is 1. The van der Waals surface area contributed by atoms with E-state index in [4.69, 9.17) is 20.9 Å². The second-order valence-electron chi connectivity index (χ2n) is 7.45. The Kier molecular flexibility index (Phi) is 6.60. The molecule has 0 aliphatic heterocycles. The van der Waals surface area contributed by atoms with Crippen LogP contribution in [0.2, 0.25) is 5.02 Å². The van der Waals surface area contributed by atoms with Crippen LogP contribution >= 0.6 is 11.6 Å². The third-order valence-electron chi connectivity index (χ3n) is 5.12. The Bertz CT molecular complexity index is 1370. The average molecular weight is 478 g/mol. The smallest absolute Gasteiger partial charge is 0.412 e. The third kappa shape index (κ3) is 4.92. The molecular formula is C25H20ClN3O5. The van der Waals surface area contributed by atoms with Crippen LogP contribution < -0.4 is 5.32 Å². The molecular weight excluding hydrogens is 458 g/mol. The number of anilines is 1. The first kappa shape index (κ1) is 23.0. The molecule has 2 heterocycles. The van der Waals surface area contributed by atoms with Crippen molar-refractivity contribution in [2.75, 3.05) is 5.32 Å². The quantitative estimate of drug-likeness (QED) is 0.331. The van der Waals surface area contributed by atoms with Crippen molar-refractivity contribution in [3.63, 3.8) is 0 Å². The van der Waals surface area contributed by atoms with Crippen LogP contribution in [0.3, 0.4) is 0 Å². The number of halogens is 1. The molecule has 4 aromatic rings. The summed E-state index contributed by atoms with van der Waals surface area (Å²) in [6, 6.07) is 19.1. The van der Waals surface area contributed by atoms with E-state index in [0.717, 1.165) is 0 Å². The summed E-state index contributed by atoms with van der Waals surface area (Å²) in [7, 11) is 0. The number of nitrogens with zero attached hydrogens (tertiary/aromatic N) is 2. The van der Waals surface area contributed by atoms with E-state index in [1.54, 1.807) is 68.4 Å². The summed E-state index contributed by atoms with van der Waals surface area (Å²) in [6.07, 6.45) is -1.26. The standard InChI is InChI=1S/C25H20ClN3O5/c1-14(18-9-3-4-10-19(18)26)33-25(32)28-22-15(2)34-29-23(22)17-8-5-7-16(13-17)20-11-6-12-21(27-20)24(30)31/h3-14H,1-2H3,(H,28,32)(H,30,31). The monoisotopic (exact) mass is 477 g/mol. The van der Waals surface area contributed by atoms with Crippen molar-refractivity contribution in [3.05, 3.63) is 88.8 Å². The summed E-state index contributed by atoms with van der Waals surface area (Å²) in [5.74, 6) is -0.713. The average Bonchev–Trinajstić information content (AvgIpc) is 3.19. The van der Waals surface area contributed by atoms with E-state index in [-0.39, 0.29) is 5.69 Å². The van der Waals surface area contributed by atoms with E-state index in [2.05, 4.69) is 15.5 Å². The fourth-order valence-electron chi connectivity index (χ4n) is 3.42. The molecule has 2 aromatic carbocycles. The molecule has 0 bridgehead atoms. The number of nitrogens with one attached hydrogen (secondary N) is 1. The van der Waals surface area contributed by atoms with Gasteiger partial charge in [-0.25, -0.2) is 14.6 Å². The number of carbonyl (C=O) groups excluding carboxylic acids is 1. The Labute approximate surface area is 200 Å². The van der Waals surface area contributed by atoms with Crippen LogP contribution in [-0.2, 0) is 4.74 Å². The zero-order chi connectivity index (χ0) is 24.2. The fourth-order valence-corrected chi connectivity index (χ4v) is 3.71. The van der Waals surface area contributed by atoms with Crippen molar-refractivity contribution in [3.8, 4) is 22.5 Å². The molecule has 8 nitrogen and oxygen atoms in total. The summed E-state index contributed by atoms with van der Waals surface area (Å²) in [6.45, 7) is 3.40. The van der Waals surface area contributed by atoms with Crippen molar-refractivity contribution in [2.24, 2.45) is 0 Å². The number of hydrogen-bond acceptors (Lipinski definition) is 6. The highest BCUT2D eigenvalue weighted by Crippen LogP contribution is 2.33. The Morgan fingerprint density at radius 2 is 1.79 bits per heavy atom. The maximum Gasteiger partial charge on any atom is 0.412 e. The largest absolute Gasteiger partial charge is 0.477 e. The number of benzene rings is 2. The minimum absolute atomic E-state index is 0.0575. The normalized spacial score (nSPS) is 11.6. The van der Waals surface area contributed by atoms with Crippen LogP contribution in [0.5, 0.6) is 0 Å². The van der Waals surface area contributed by atoms with Crippen molar-refractivity contribution < 1.29 is 24.0 Å². The molecule has 0 saturated heterocycles. The zero-order valence-electron chi connectivity index (χ0n) is 18.3. The molecule has 9 heteroatoms. The molecule has 1 amide bonds. The Hall–Kier alpha value is -4.17. The minimum atomic E-state index is -1.11. The van der Waals surface area contributed by atoms with Gasteiger partial charge in [-0.3, -0.25) is 5.32 Å². The number of aryl methyl sites for hydroxylation is 1. The van der Waals surface area contributed by atoms with Gasteiger partial charge in [0.05, 0.1) is 5.69 Å². The molecule has 2 N–H and O–H groups in total. The van der Waals surface area contributed by atoms with Crippen molar-refractivity contribution in [1.82, 2.24) is 10.1 Å². The number of amides is 1. The summed E-state index contributed by atoms with van der Waals surface area (Å²) in [5, 5.41) is 16.5. The molecule has 0 aliphatic carbocycles. The van der Waals surface area contributed by atoms with Crippen LogP contribution in [0.1, 0.15) is 34.8 Å². The van der Waals surface area contributed by atoms with Gasteiger partial charge in [-0.05, 0) is 38.1 Å². The van der Waals surface area contributed by atoms with Gasteiger partial charge >= 0.3 is 12.1 Å². The zero-order valence-corrected chi connectivity index (χ0v) is 19.0. The van der Waals surface area contributed by atoms with Crippen LogP contribution in [0.4, 0.5) is 10.5 Å². The lowest BCUT2D eigenvalue weighted by atomic mass is 10.0. The first-order valence-corrected chi connectivity index (χ1v) is 10.7. The Morgan fingerprint density at radius 3 is 2.56 bits per heavy atom. The molecule has 2 aromatic heterocycles. The number of carboxylic acids is 1. The number of carbonyl (C=O) groups is 2. The molecule has 1 atom stereocenters. The molecule has 172 valence electrons. The van der Waals surface area contributed by atoms with E-state index in [9.17, 15) is 14.7 Å². The van der Waals surface area contributed by atoms with E-state index in [1.165, 1.54) is 6.07 Å².